The minimum absolute atomic E-state index is 0.0000151. The second kappa shape index (κ2) is 8.79. The number of benzene rings is 3. The molecule has 1 amide bonds. The number of hydrogen-bond acceptors (Lipinski definition) is 3. The Balaban J connectivity index is 1.35. The Labute approximate surface area is 195 Å². The van der Waals surface area contributed by atoms with Gasteiger partial charge in [-0.3, -0.25) is 4.79 Å². The lowest BCUT2D eigenvalue weighted by atomic mass is 10.1. The lowest BCUT2D eigenvalue weighted by Gasteiger charge is -2.07. The summed E-state index contributed by atoms with van der Waals surface area (Å²) >= 11 is 0. The van der Waals surface area contributed by atoms with E-state index in [1.165, 1.54) is 18.3 Å². The molecule has 0 saturated heterocycles. The molecule has 2 N–H and O–H groups in total. The topological polar surface area (TPSA) is 84.0 Å². The van der Waals surface area contributed by atoms with E-state index in [1.807, 2.05) is 30.5 Å². The fraction of sp³-hybridized carbons (Fsp3) is 0.115. The molecule has 0 saturated carbocycles. The molecular formula is C26H22FN3O3S. The third kappa shape index (κ3) is 4.08. The Morgan fingerprint density at radius 2 is 1.65 bits per heavy atom. The Kier molecular flexibility index (Phi) is 5.67. The van der Waals surface area contributed by atoms with E-state index in [4.69, 9.17) is 0 Å². The first-order valence-electron chi connectivity index (χ1n) is 10.8. The number of amides is 1. The zero-order valence-corrected chi connectivity index (χ0v) is 19.0. The molecule has 0 spiro atoms. The van der Waals surface area contributed by atoms with Gasteiger partial charge in [0.25, 0.3) is 0 Å². The van der Waals surface area contributed by atoms with E-state index in [0.29, 0.717) is 23.9 Å². The number of nitrogens with zero attached hydrogens (tertiary/aromatic N) is 1. The third-order valence-corrected chi connectivity index (χ3v) is 7.67. The molecular weight excluding hydrogens is 453 g/mol. The Bertz CT molecular complexity index is 1600. The van der Waals surface area contributed by atoms with E-state index in [9.17, 15) is 17.6 Å². The normalized spacial score (nSPS) is 11.8. The number of hydrogen-bond donors (Lipinski definition) is 2. The van der Waals surface area contributed by atoms with E-state index in [2.05, 4.69) is 10.3 Å². The van der Waals surface area contributed by atoms with Crippen LogP contribution in [0.5, 0.6) is 0 Å². The lowest BCUT2D eigenvalue weighted by Crippen LogP contribution is -2.29. The molecule has 0 aliphatic heterocycles. The molecule has 34 heavy (non-hydrogen) atoms. The largest absolute Gasteiger partial charge is 0.361 e. The number of rotatable bonds is 7. The van der Waals surface area contributed by atoms with Gasteiger partial charge in [-0.25, -0.2) is 12.8 Å². The first kappa shape index (κ1) is 21.9. The number of aromatic amines is 1. The number of nitrogens with one attached hydrogen (secondary N) is 2. The van der Waals surface area contributed by atoms with Crippen LogP contribution >= 0.6 is 0 Å². The van der Waals surface area contributed by atoms with Gasteiger partial charge in [-0.15, -0.1) is 0 Å². The molecule has 3 aromatic carbocycles. The van der Waals surface area contributed by atoms with E-state index in [1.54, 1.807) is 28.8 Å². The fourth-order valence-corrected chi connectivity index (χ4v) is 5.66. The van der Waals surface area contributed by atoms with Gasteiger partial charge >= 0.3 is 0 Å². The molecule has 0 radical (unpaired) electrons. The standard InChI is InChI=1S/C26H22FN3O3S/c27-19-9-11-20(12-10-19)34(32,33)25-16-30(24-8-4-2-6-22(24)25)17-26(31)28-14-13-18-15-29-23-7-3-1-5-21(18)23/h1-12,15-16,29H,13-14,17H2,(H,28,31). The maximum Gasteiger partial charge on any atom is 0.239 e. The van der Waals surface area contributed by atoms with Gasteiger partial charge < -0.3 is 14.9 Å². The van der Waals surface area contributed by atoms with Crippen molar-refractivity contribution < 1.29 is 17.6 Å². The van der Waals surface area contributed by atoms with Crippen molar-refractivity contribution in [1.82, 2.24) is 14.9 Å². The van der Waals surface area contributed by atoms with Gasteiger partial charge in [-0.1, -0.05) is 36.4 Å². The predicted octanol–water partition coefficient (Wildman–Crippen LogP) is 4.45. The van der Waals surface area contributed by atoms with Gasteiger partial charge in [0.15, 0.2) is 0 Å². The van der Waals surface area contributed by atoms with Gasteiger partial charge in [0.1, 0.15) is 12.4 Å². The third-order valence-electron chi connectivity index (χ3n) is 5.87. The second-order valence-electron chi connectivity index (χ2n) is 8.06. The average Bonchev–Trinajstić information content (AvgIpc) is 3.42. The highest BCUT2D eigenvalue weighted by molar-refractivity contribution is 7.91. The minimum atomic E-state index is -3.89. The van der Waals surface area contributed by atoms with Crippen molar-refractivity contribution >= 4 is 37.6 Å². The first-order valence-corrected chi connectivity index (χ1v) is 12.3. The molecule has 0 aliphatic rings. The van der Waals surface area contributed by atoms with Crippen LogP contribution in [0, 0.1) is 5.82 Å². The van der Waals surface area contributed by atoms with Crippen molar-refractivity contribution in [3.8, 4) is 0 Å². The maximum atomic E-state index is 13.3. The number of aromatic nitrogens is 2. The summed E-state index contributed by atoms with van der Waals surface area (Å²) in [5, 5.41) is 4.56. The Morgan fingerprint density at radius 3 is 2.44 bits per heavy atom. The highest BCUT2D eigenvalue weighted by atomic mass is 32.2. The SMILES string of the molecule is O=C(Cn1cc(S(=O)(=O)c2ccc(F)cc2)c2ccccc21)NCCc1c[nH]c2ccccc12. The van der Waals surface area contributed by atoms with Gasteiger partial charge in [0.05, 0.1) is 9.79 Å². The molecule has 0 atom stereocenters. The minimum Gasteiger partial charge on any atom is -0.361 e. The van der Waals surface area contributed by atoms with Crippen molar-refractivity contribution in [3.05, 3.63) is 96.6 Å². The van der Waals surface area contributed by atoms with Crippen LogP contribution in [-0.4, -0.2) is 30.4 Å². The number of fused-ring (bicyclic) bond motifs is 2. The smallest absolute Gasteiger partial charge is 0.239 e. The highest BCUT2D eigenvalue weighted by Gasteiger charge is 2.24. The van der Waals surface area contributed by atoms with Crippen molar-refractivity contribution in [1.29, 1.82) is 0 Å². The van der Waals surface area contributed by atoms with E-state index in [0.717, 1.165) is 28.6 Å². The first-order chi connectivity index (χ1) is 16.4. The number of H-pyrrole nitrogens is 1. The number of para-hydroxylation sites is 2. The quantitative estimate of drug-likeness (QED) is 0.341. The Morgan fingerprint density at radius 1 is 0.941 bits per heavy atom. The van der Waals surface area contributed by atoms with Crippen LogP contribution < -0.4 is 5.32 Å². The average molecular weight is 476 g/mol. The van der Waals surface area contributed by atoms with E-state index < -0.39 is 15.7 Å². The monoisotopic (exact) mass is 475 g/mol. The lowest BCUT2D eigenvalue weighted by molar-refractivity contribution is -0.121. The van der Waals surface area contributed by atoms with Crippen molar-refractivity contribution in [3.63, 3.8) is 0 Å². The number of halogens is 1. The van der Waals surface area contributed by atoms with Gasteiger partial charge in [0.2, 0.25) is 15.7 Å². The molecule has 8 heteroatoms. The van der Waals surface area contributed by atoms with Crippen LogP contribution in [0.4, 0.5) is 4.39 Å². The number of sulfone groups is 1. The summed E-state index contributed by atoms with van der Waals surface area (Å²) in [6.07, 6.45) is 4.10. The summed E-state index contributed by atoms with van der Waals surface area (Å²) in [7, 11) is -3.89. The van der Waals surface area contributed by atoms with Crippen LogP contribution in [0.3, 0.4) is 0 Å². The van der Waals surface area contributed by atoms with Crippen LogP contribution in [-0.2, 0) is 27.6 Å². The second-order valence-corrected chi connectivity index (χ2v) is 9.97. The summed E-state index contributed by atoms with van der Waals surface area (Å²) in [5.41, 5.74) is 2.81. The number of carbonyl (C=O) groups is 1. The van der Waals surface area contributed by atoms with Gasteiger partial charge in [0, 0.05) is 40.7 Å². The van der Waals surface area contributed by atoms with Gasteiger partial charge in [-0.2, -0.15) is 0 Å². The Hall–Kier alpha value is -3.91. The summed E-state index contributed by atoms with van der Waals surface area (Å²) in [5.74, 6) is -0.725. The van der Waals surface area contributed by atoms with E-state index in [-0.39, 0.29) is 22.2 Å². The molecule has 6 nitrogen and oxygen atoms in total. The molecule has 5 aromatic rings. The molecule has 2 aromatic heterocycles. The molecule has 0 bridgehead atoms. The van der Waals surface area contributed by atoms with Crippen LogP contribution in [0.25, 0.3) is 21.8 Å². The van der Waals surface area contributed by atoms with Crippen LogP contribution in [0.1, 0.15) is 5.56 Å². The summed E-state index contributed by atoms with van der Waals surface area (Å²) < 4.78 is 41.4. The molecule has 5 rings (SSSR count). The highest BCUT2D eigenvalue weighted by Crippen LogP contribution is 2.30. The van der Waals surface area contributed by atoms with Crippen LogP contribution in [0.15, 0.2) is 95.0 Å². The summed E-state index contributed by atoms with van der Waals surface area (Å²) in [6.45, 7) is 0.438. The summed E-state index contributed by atoms with van der Waals surface area (Å²) in [4.78, 5) is 16.0. The number of carbonyl (C=O) groups excluding carboxylic acids is 1. The predicted molar refractivity (Wildman–Crippen MR) is 129 cm³/mol. The molecule has 172 valence electrons. The molecule has 2 heterocycles. The molecule has 0 fully saturated rings. The molecule has 0 aliphatic carbocycles. The van der Waals surface area contributed by atoms with Crippen molar-refractivity contribution in [2.45, 2.75) is 22.8 Å². The van der Waals surface area contributed by atoms with E-state index >= 15 is 0 Å². The maximum absolute atomic E-state index is 13.3. The van der Waals surface area contributed by atoms with Crippen molar-refractivity contribution in [2.24, 2.45) is 0 Å². The molecule has 0 unspecified atom stereocenters. The fourth-order valence-electron chi connectivity index (χ4n) is 4.18. The van der Waals surface area contributed by atoms with Crippen molar-refractivity contribution in [2.75, 3.05) is 6.54 Å². The van der Waals surface area contributed by atoms with Gasteiger partial charge in [-0.05, 0) is 48.4 Å². The van der Waals surface area contributed by atoms with Crippen LogP contribution in [0.2, 0.25) is 0 Å². The zero-order chi connectivity index (χ0) is 23.7. The zero-order valence-electron chi connectivity index (χ0n) is 18.2. The summed E-state index contributed by atoms with van der Waals surface area (Å²) in [6, 6.07) is 19.7.